The van der Waals surface area contributed by atoms with Crippen LogP contribution in [-0.2, 0) is 6.54 Å². The van der Waals surface area contributed by atoms with Crippen LogP contribution < -0.4 is 10.6 Å². The quantitative estimate of drug-likeness (QED) is 0.581. The van der Waals surface area contributed by atoms with Crippen LogP contribution in [0, 0.1) is 5.82 Å². The van der Waals surface area contributed by atoms with E-state index in [2.05, 4.69) is 4.98 Å². The van der Waals surface area contributed by atoms with Crippen LogP contribution in [0.1, 0.15) is 15.9 Å². The van der Waals surface area contributed by atoms with Gasteiger partial charge in [-0.3, -0.25) is 4.79 Å². The number of nitrogens with zero attached hydrogens (tertiary/aromatic N) is 4. The van der Waals surface area contributed by atoms with Crippen molar-refractivity contribution in [2.75, 3.05) is 11.9 Å². The normalized spacial score (nSPS) is 10.9. The molecule has 0 aliphatic rings. The summed E-state index contributed by atoms with van der Waals surface area (Å²) in [5.41, 5.74) is 9.14. The van der Waals surface area contributed by atoms with Crippen molar-refractivity contribution in [2.45, 2.75) is 6.54 Å². The van der Waals surface area contributed by atoms with E-state index in [1.807, 2.05) is 36.2 Å². The summed E-state index contributed by atoms with van der Waals surface area (Å²) in [5.74, 6) is 0.0358. The average Bonchev–Trinajstić information content (AvgIpc) is 3.13. The number of hydrogen-bond acceptors (Lipinski definition) is 4. The second kappa shape index (κ2) is 7.11. The Morgan fingerprint density at radius 2 is 1.79 bits per heavy atom. The lowest BCUT2D eigenvalue weighted by molar-refractivity contribution is 0.100. The third kappa shape index (κ3) is 3.42. The highest BCUT2D eigenvalue weighted by Gasteiger charge is 2.11. The second-order valence-electron chi connectivity index (χ2n) is 6.53. The van der Waals surface area contributed by atoms with Gasteiger partial charge in [-0.15, -0.1) is 5.10 Å². The van der Waals surface area contributed by atoms with Gasteiger partial charge in [-0.05, 0) is 42.0 Å². The van der Waals surface area contributed by atoms with Crippen molar-refractivity contribution < 1.29 is 9.18 Å². The SMILES string of the molecule is CN(Cc1ccc(F)cc1)c1ccc2ncc(-c3ccc(C(N)=O)cc3)n2n1. The lowest BCUT2D eigenvalue weighted by Gasteiger charge is -2.18. The molecule has 1 amide bonds. The molecule has 0 spiro atoms. The van der Waals surface area contributed by atoms with Crippen molar-refractivity contribution in [3.63, 3.8) is 0 Å². The minimum atomic E-state index is -0.465. The van der Waals surface area contributed by atoms with E-state index in [9.17, 15) is 9.18 Å². The van der Waals surface area contributed by atoms with Gasteiger partial charge in [0.1, 0.15) is 11.6 Å². The Balaban J connectivity index is 1.65. The predicted molar refractivity (Wildman–Crippen MR) is 105 cm³/mol. The molecule has 2 heterocycles. The Kier molecular flexibility index (Phi) is 4.49. The molecule has 0 bridgehead atoms. The fourth-order valence-electron chi connectivity index (χ4n) is 3.01. The zero-order chi connectivity index (χ0) is 19.7. The van der Waals surface area contributed by atoms with Crippen LogP contribution in [0.25, 0.3) is 16.9 Å². The number of nitrogens with two attached hydrogens (primary N) is 1. The summed E-state index contributed by atoms with van der Waals surface area (Å²) in [7, 11) is 1.93. The first-order valence-electron chi connectivity index (χ1n) is 8.72. The van der Waals surface area contributed by atoms with Gasteiger partial charge in [-0.2, -0.15) is 0 Å². The van der Waals surface area contributed by atoms with E-state index in [1.54, 1.807) is 35.0 Å². The molecular formula is C21H18FN5O. The Morgan fingerprint density at radius 1 is 1.07 bits per heavy atom. The van der Waals surface area contributed by atoms with Crippen LogP contribution in [0.5, 0.6) is 0 Å². The largest absolute Gasteiger partial charge is 0.366 e. The highest BCUT2D eigenvalue weighted by molar-refractivity contribution is 5.93. The maximum absolute atomic E-state index is 13.1. The van der Waals surface area contributed by atoms with Crippen molar-refractivity contribution in [2.24, 2.45) is 5.73 Å². The maximum Gasteiger partial charge on any atom is 0.248 e. The average molecular weight is 375 g/mol. The summed E-state index contributed by atoms with van der Waals surface area (Å²) in [6.45, 7) is 0.593. The molecule has 7 heteroatoms. The molecule has 0 atom stereocenters. The zero-order valence-corrected chi connectivity index (χ0v) is 15.2. The Hall–Kier alpha value is -3.74. The third-order valence-corrected chi connectivity index (χ3v) is 4.54. The number of rotatable bonds is 5. The molecule has 0 aliphatic heterocycles. The summed E-state index contributed by atoms with van der Waals surface area (Å²) in [5, 5.41) is 4.70. The molecule has 2 aromatic carbocycles. The van der Waals surface area contributed by atoms with Crippen LogP contribution in [-0.4, -0.2) is 27.6 Å². The summed E-state index contributed by atoms with van der Waals surface area (Å²) >= 11 is 0. The van der Waals surface area contributed by atoms with Crippen LogP contribution >= 0.6 is 0 Å². The van der Waals surface area contributed by atoms with E-state index in [4.69, 9.17) is 10.8 Å². The van der Waals surface area contributed by atoms with Crippen molar-refractivity contribution in [3.05, 3.63) is 83.8 Å². The van der Waals surface area contributed by atoms with Gasteiger partial charge in [-0.25, -0.2) is 13.9 Å². The number of imidazole rings is 1. The molecule has 140 valence electrons. The van der Waals surface area contributed by atoms with E-state index >= 15 is 0 Å². The van der Waals surface area contributed by atoms with Gasteiger partial charge in [0.25, 0.3) is 0 Å². The van der Waals surface area contributed by atoms with Crippen LogP contribution in [0.15, 0.2) is 66.9 Å². The standard InChI is InChI=1S/C21H18FN5O/c1-26(13-14-2-8-17(22)9-3-14)20-11-10-19-24-12-18(27(19)25-20)15-4-6-16(7-5-15)21(23)28/h2-12H,13H2,1H3,(H2,23,28). The first-order chi connectivity index (χ1) is 13.5. The second-order valence-corrected chi connectivity index (χ2v) is 6.53. The summed E-state index contributed by atoms with van der Waals surface area (Å²) in [6.07, 6.45) is 1.74. The number of anilines is 1. The van der Waals surface area contributed by atoms with Gasteiger partial charge in [0.15, 0.2) is 5.65 Å². The molecule has 28 heavy (non-hydrogen) atoms. The molecule has 0 saturated heterocycles. The van der Waals surface area contributed by atoms with Crippen LogP contribution in [0.3, 0.4) is 0 Å². The molecule has 4 rings (SSSR count). The molecule has 0 aliphatic carbocycles. The van der Waals surface area contributed by atoms with Gasteiger partial charge < -0.3 is 10.6 Å². The minimum absolute atomic E-state index is 0.253. The molecule has 4 aromatic rings. The summed E-state index contributed by atoms with van der Waals surface area (Å²) in [6, 6.07) is 17.2. The number of carbonyl (C=O) groups excluding carboxylic acids is 1. The first kappa shape index (κ1) is 17.7. The summed E-state index contributed by atoms with van der Waals surface area (Å²) < 4.78 is 14.9. The fraction of sp³-hybridized carbons (Fsp3) is 0.0952. The number of hydrogen-bond donors (Lipinski definition) is 1. The Bertz CT molecular complexity index is 1140. The van der Waals surface area contributed by atoms with Gasteiger partial charge >= 0.3 is 0 Å². The number of benzene rings is 2. The number of primary amides is 1. The highest BCUT2D eigenvalue weighted by Crippen LogP contribution is 2.22. The zero-order valence-electron chi connectivity index (χ0n) is 15.2. The number of carbonyl (C=O) groups is 1. The molecule has 2 N–H and O–H groups in total. The smallest absolute Gasteiger partial charge is 0.248 e. The van der Waals surface area contributed by atoms with Gasteiger partial charge in [-0.1, -0.05) is 24.3 Å². The monoisotopic (exact) mass is 375 g/mol. The van der Waals surface area contributed by atoms with E-state index in [1.165, 1.54) is 12.1 Å². The lowest BCUT2D eigenvalue weighted by Crippen LogP contribution is -2.18. The molecule has 0 saturated carbocycles. The maximum atomic E-state index is 13.1. The summed E-state index contributed by atoms with van der Waals surface area (Å²) in [4.78, 5) is 17.6. The van der Waals surface area contributed by atoms with Crippen LogP contribution in [0.4, 0.5) is 10.2 Å². The molecule has 0 unspecified atom stereocenters. The van der Waals surface area contributed by atoms with Crippen molar-refractivity contribution in [1.82, 2.24) is 14.6 Å². The van der Waals surface area contributed by atoms with Crippen molar-refractivity contribution in [3.8, 4) is 11.3 Å². The van der Waals surface area contributed by atoms with E-state index in [0.717, 1.165) is 22.6 Å². The topological polar surface area (TPSA) is 76.5 Å². The Labute approximate surface area is 161 Å². The van der Waals surface area contributed by atoms with Gasteiger partial charge in [0.2, 0.25) is 5.91 Å². The lowest BCUT2D eigenvalue weighted by atomic mass is 10.1. The molecule has 0 fully saturated rings. The van der Waals surface area contributed by atoms with Gasteiger partial charge in [0.05, 0.1) is 11.9 Å². The highest BCUT2D eigenvalue weighted by atomic mass is 19.1. The predicted octanol–water partition coefficient (Wildman–Crippen LogP) is 3.27. The van der Waals surface area contributed by atoms with E-state index < -0.39 is 5.91 Å². The molecule has 0 radical (unpaired) electrons. The van der Waals surface area contributed by atoms with Crippen molar-refractivity contribution in [1.29, 1.82) is 0 Å². The molecule has 2 aromatic heterocycles. The molecule has 6 nitrogen and oxygen atoms in total. The number of aromatic nitrogens is 3. The fourth-order valence-corrected chi connectivity index (χ4v) is 3.01. The van der Waals surface area contributed by atoms with Gasteiger partial charge in [0, 0.05) is 24.7 Å². The number of halogens is 1. The van der Waals surface area contributed by atoms with E-state index in [-0.39, 0.29) is 5.82 Å². The first-order valence-corrected chi connectivity index (χ1v) is 8.72. The third-order valence-electron chi connectivity index (χ3n) is 4.54. The van der Waals surface area contributed by atoms with Crippen LogP contribution in [0.2, 0.25) is 0 Å². The number of amides is 1. The van der Waals surface area contributed by atoms with Crippen molar-refractivity contribution >= 4 is 17.4 Å². The minimum Gasteiger partial charge on any atom is -0.366 e. The Morgan fingerprint density at radius 3 is 2.46 bits per heavy atom. The van der Waals surface area contributed by atoms with E-state index in [0.29, 0.717) is 17.8 Å². The molecular weight excluding hydrogens is 357 g/mol. The number of fused-ring (bicyclic) bond motifs is 1.